The van der Waals surface area contributed by atoms with Gasteiger partial charge in [0.15, 0.2) is 0 Å². The van der Waals surface area contributed by atoms with Crippen molar-refractivity contribution in [2.45, 2.75) is 13.0 Å². The van der Waals surface area contributed by atoms with E-state index in [1.54, 1.807) is 23.5 Å². The second kappa shape index (κ2) is 9.26. The minimum Gasteiger partial charge on any atom is -0.337 e. The molecule has 4 nitrogen and oxygen atoms in total. The van der Waals surface area contributed by atoms with Gasteiger partial charge in [0.2, 0.25) is 0 Å². The van der Waals surface area contributed by atoms with Gasteiger partial charge in [-0.25, -0.2) is 4.98 Å². The van der Waals surface area contributed by atoms with Crippen LogP contribution in [0.15, 0.2) is 53.9 Å². The van der Waals surface area contributed by atoms with Gasteiger partial charge >= 0.3 is 0 Å². The van der Waals surface area contributed by atoms with Crippen LogP contribution in [0.3, 0.4) is 0 Å². The zero-order chi connectivity index (χ0) is 20.2. The van der Waals surface area contributed by atoms with Crippen LogP contribution < -0.4 is 0 Å². The second-order valence-corrected chi connectivity index (χ2v) is 8.75. The fourth-order valence-corrected chi connectivity index (χ4v) is 4.63. The van der Waals surface area contributed by atoms with Crippen LogP contribution in [0.5, 0.6) is 0 Å². The van der Waals surface area contributed by atoms with Crippen molar-refractivity contribution in [1.82, 2.24) is 14.8 Å². The third-order valence-electron chi connectivity index (χ3n) is 5.01. The molecular weight excluding hydrogens is 425 g/mol. The van der Waals surface area contributed by atoms with Crippen LogP contribution >= 0.6 is 34.5 Å². The molecule has 0 atom stereocenters. The molecule has 1 aliphatic heterocycles. The number of benzene rings is 2. The topological polar surface area (TPSA) is 36.4 Å². The molecule has 2 aromatic carbocycles. The second-order valence-electron chi connectivity index (χ2n) is 7.05. The van der Waals surface area contributed by atoms with E-state index in [0.29, 0.717) is 17.1 Å². The van der Waals surface area contributed by atoms with E-state index in [1.165, 1.54) is 0 Å². The normalized spacial score (nSPS) is 15.3. The van der Waals surface area contributed by atoms with Crippen molar-refractivity contribution in [3.05, 3.63) is 75.2 Å². The summed E-state index contributed by atoms with van der Waals surface area (Å²) >= 11 is 13.8. The number of carbonyl (C=O) groups excluding carboxylic acids is 1. The zero-order valence-corrected chi connectivity index (χ0v) is 18.2. The van der Waals surface area contributed by atoms with Gasteiger partial charge in [0.1, 0.15) is 5.01 Å². The lowest BCUT2D eigenvalue weighted by Gasteiger charge is -2.22. The maximum atomic E-state index is 12.8. The van der Waals surface area contributed by atoms with Crippen LogP contribution in [-0.4, -0.2) is 46.9 Å². The molecule has 0 bridgehead atoms. The van der Waals surface area contributed by atoms with Gasteiger partial charge in [-0.05, 0) is 30.7 Å². The quantitative estimate of drug-likeness (QED) is 0.534. The Morgan fingerprint density at radius 2 is 1.79 bits per heavy atom. The van der Waals surface area contributed by atoms with Gasteiger partial charge in [-0.1, -0.05) is 47.5 Å². The lowest BCUT2D eigenvalue weighted by atomic mass is 10.2. The van der Waals surface area contributed by atoms with Gasteiger partial charge < -0.3 is 4.90 Å². The average Bonchev–Trinajstić information content (AvgIpc) is 3.06. The molecule has 3 aromatic rings. The summed E-state index contributed by atoms with van der Waals surface area (Å²) in [5, 5.41) is 4.35. The molecule has 0 saturated carbocycles. The molecule has 150 valence electrons. The number of nitrogens with zero attached hydrogens (tertiary/aromatic N) is 3. The number of hydrogen-bond donors (Lipinski definition) is 0. The van der Waals surface area contributed by atoms with Crippen LogP contribution in [0, 0.1) is 0 Å². The number of carbonyl (C=O) groups is 1. The van der Waals surface area contributed by atoms with E-state index < -0.39 is 0 Å². The Kier molecular flexibility index (Phi) is 6.50. The summed E-state index contributed by atoms with van der Waals surface area (Å²) in [5.74, 6) is 0.0103. The Hall–Kier alpha value is -1.92. The molecule has 1 fully saturated rings. The summed E-state index contributed by atoms with van der Waals surface area (Å²) in [6, 6.07) is 15.0. The zero-order valence-electron chi connectivity index (χ0n) is 15.9. The predicted octanol–water partition coefficient (Wildman–Crippen LogP) is 5.47. The Morgan fingerprint density at radius 3 is 2.59 bits per heavy atom. The minimum atomic E-state index is 0.0103. The van der Waals surface area contributed by atoms with Crippen molar-refractivity contribution < 1.29 is 4.79 Å². The van der Waals surface area contributed by atoms with Gasteiger partial charge in [0.25, 0.3) is 5.91 Å². The number of rotatable bonds is 4. The van der Waals surface area contributed by atoms with E-state index >= 15 is 0 Å². The van der Waals surface area contributed by atoms with Crippen molar-refractivity contribution in [2.75, 3.05) is 26.2 Å². The molecule has 0 unspecified atom stereocenters. The third kappa shape index (κ3) is 4.98. The predicted molar refractivity (Wildman–Crippen MR) is 120 cm³/mol. The molecule has 1 amide bonds. The van der Waals surface area contributed by atoms with Crippen molar-refractivity contribution in [1.29, 1.82) is 0 Å². The summed E-state index contributed by atoms with van der Waals surface area (Å²) in [7, 11) is 0. The molecule has 1 aromatic heterocycles. The fourth-order valence-electron chi connectivity index (χ4n) is 3.47. The summed E-state index contributed by atoms with van der Waals surface area (Å²) in [6.45, 7) is 3.99. The average molecular weight is 446 g/mol. The molecule has 0 aliphatic carbocycles. The standard InChI is InChI=1S/C22H21Cl2N3OS/c23-17-8-6-16(7-9-17)21-25-18(15-29-21)14-26-10-3-11-27(13-12-26)22(28)19-4-1-2-5-20(19)24/h1-2,4-9,15H,3,10-14H2. The van der Waals surface area contributed by atoms with Gasteiger partial charge in [0.05, 0.1) is 16.3 Å². The number of thiazole rings is 1. The Balaban J connectivity index is 1.37. The first-order valence-electron chi connectivity index (χ1n) is 9.56. The summed E-state index contributed by atoms with van der Waals surface area (Å²) in [5.41, 5.74) is 2.72. The highest BCUT2D eigenvalue weighted by molar-refractivity contribution is 7.13. The maximum Gasteiger partial charge on any atom is 0.255 e. The molecule has 4 rings (SSSR count). The van der Waals surface area contributed by atoms with Crippen LogP contribution in [0.2, 0.25) is 10.0 Å². The van der Waals surface area contributed by atoms with Gasteiger partial charge in [-0.2, -0.15) is 0 Å². The van der Waals surface area contributed by atoms with Crippen LogP contribution in [0.25, 0.3) is 10.6 Å². The number of amides is 1. The van der Waals surface area contributed by atoms with E-state index in [1.807, 2.05) is 41.3 Å². The van der Waals surface area contributed by atoms with Crippen molar-refractivity contribution in [3.8, 4) is 10.6 Å². The van der Waals surface area contributed by atoms with Gasteiger partial charge in [0, 0.05) is 48.7 Å². The summed E-state index contributed by atoms with van der Waals surface area (Å²) in [6.07, 6.45) is 0.935. The van der Waals surface area contributed by atoms with Crippen molar-refractivity contribution >= 4 is 40.4 Å². The van der Waals surface area contributed by atoms with Gasteiger partial charge in [-0.3, -0.25) is 9.69 Å². The maximum absolute atomic E-state index is 12.8. The van der Waals surface area contributed by atoms with Crippen molar-refractivity contribution in [3.63, 3.8) is 0 Å². The molecule has 0 radical (unpaired) electrons. The third-order valence-corrected chi connectivity index (χ3v) is 6.53. The van der Waals surface area contributed by atoms with E-state index in [4.69, 9.17) is 28.2 Å². The minimum absolute atomic E-state index is 0.0103. The lowest BCUT2D eigenvalue weighted by molar-refractivity contribution is 0.0761. The smallest absolute Gasteiger partial charge is 0.255 e. The fraction of sp³-hybridized carbons (Fsp3) is 0.273. The first-order chi connectivity index (χ1) is 14.1. The highest BCUT2D eigenvalue weighted by atomic mass is 35.5. The first kappa shape index (κ1) is 20.4. The highest BCUT2D eigenvalue weighted by Crippen LogP contribution is 2.26. The van der Waals surface area contributed by atoms with Crippen LogP contribution in [-0.2, 0) is 6.54 Å². The van der Waals surface area contributed by atoms with Gasteiger partial charge in [-0.15, -0.1) is 11.3 Å². The molecule has 0 spiro atoms. The molecule has 0 N–H and O–H groups in total. The van der Waals surface area contributed by atoms with Crippen LogP contribution in [0.4, 0.5) is 0 Å². The summed E-state index contributed by atoms with van der Waals surface area (Å²) in [4.78, 5) is 21.9. The molecule has 29 heavy (non-hydrogen) atoms. The monoisotopic (exact) mass is 445 g/mol. The Bertz CT molecular complexity index is 990. The molecule has 7 heteroatoms. The first-order valence-corrected chi connectivity index (χ1v) is 11.2. The SMILES string of the molecule is O=C(c1ccccc1Cl)N1CCCN(Cc2csc(-c3ccc(Cl)cc3)n2)CC1. The van der Waals surface area contributed by atoms with Crippen molar-refractivity contribution in [2.24, 2.45) is 0 Å². The molecule has 2 heterocycles. The molecule has 1 aliphatic rings. The van der Waals surface area contributed by atoms with E-state index in [2.05, 4.69) is 10.3 Å². The number of hydrogen-bond acceptors (Lipinski definition) is 4. The Morgan fingerprint density at radius 1 is 1.00 bits per heavy atom. The largest absolute Gasteiger partial charge is 0.337 e. The molecular formula is C22H21Cl2N3OS. The van der Waals surface area contributed by atoms with E-state index in [9.17, 15) is 4.79 Å². The number of halogens is 2. The summed E-state index contributed by atoms with van der Waals surface area (Å²) < 4.78 is 0. The van der Waals surface area contributed by atoms with E-state index in [0.717, 1.165) is 53.9 Å². The van der Waals surface area contributed by atoms with E-state index in [-0.39, 0.29) is 5.91 Å². The lowest BCUT2D eigenvalue weighted by Crippen LogP contribution is -2.35. The highest BCUT2D eigenvalue weighted by Gasteiger charge is 2.22. The molecule has 1 saturated heterocycles. The number of aromatic nitrogens is 1. The van der Waals surface area contributed by atoms with Crippen LogP contribution in [0.1, 0.15) is 22.5 Å². The Labute approximate surface area is 184 Å².